The van der Waals surface area contributed by atoms with Gasteiger partial charge in [0.05, 0.1) is 30.7 Å². The molecule has 1 saturated carbocycles. The number of hydrogen-bond donors (Lipinski definition) is 1. The number of morpholine rings is 1. The van der Waals surface area contributed by atoms with Crippen molar-refractivity contribution in [1.29, 1.82) is 0 Å². The molecule has 4 amide bonds. The van der Waals surface area contributed by atoms with Gasteiger partial charge in [0.15, 0.2) is 33.0 Å². The van der Waals surface area contributed by atoms with Gasteiger partial charge in [-0.1, -0.05) is 23.8 Å². The maximum absolute atomic E-state index is 15.3. The number of amides is 4. The van der Waals surface area contributed by atoms with Gasteiger partial charge in [-0.05, 0) is 67.1 Å². The molecule has 6 atom stereocenters. The number of carbonyl (C=O) groups is 4. The molecule has 3 saturated heterocycles. The zero-order valence-electron chi connectivity index (χ0n) is 27.6. The Morgan fingerprint density at radius 1 is 0.774 bits per heavy atom. The fourth-order valence-corrected chi connectivity index (χ4v) is 9.62. The first-order chi connectivity index (χ1) is 25.1. The Hall–Kier alpha value is -4.53. The summed E-state index contributed by atoms with van der Waals surface area (Å²) in [5, 5.41) is 10.3. The number of phenols is 1. The molecule has 6 unspecified atom stereocenters. The summed E-state index contributed by atoms with van der Waals surface area (Å²) >= 11 is 14.3. The van der Waals surface area contributed by atoms with Gasteiger partial charge in [0, 0.05) is 24.7 Å². The Labute approximate surface area is 308 Å². The number of anilines is 3. The first kappa shape index (κ1) is 35.5. The minimum absolute atomic E-state index is 0.00273. The van der Waals surface area contributed by atoms with Crippen molar-refractivity contribution in [2.75, 3.05) is 41.0 Å². The highest BCUT2D eigenvalue weighted by Crippen LogP contribution is 2.66. The van der Waals surface area contributed by atoms with Crippen molar-refractivity contribution in [3.8, 4) is 5.75 Å². The maximum Gasteiger partial charge on any atom is 0.258 e. The summed E-state index contributed by atoms with van der Waals surface area (Å²) in [6.07, 6.45) is 1.01. The number of imide groups is 2. The molecule has 276 valence electrons. The Bertz CT molecular complexity index is 2150. The molecule has 1 N–H and O–H groups in total. The molecule has 0 aromatic heterocycles. The summed E-state index contributed by atoms with van der Waals surface area (Å²) in [4.78, 5) is 54.8. The Kier molecular flexibility index (Phi) is 8.21. The minimum Gasteiger partial charge on any atom is -0.508 e. The van der Waals surface area contributed by atoms with Crippen LogP contribution >= 0.6 is 23.2 Å². The van der Waals surface area contributed by atoms with Crippen LogP contribution in [0.15, 0.2) is 54.1 Å². The summed E-state index contributed by atoms with van der Waals surface area (Å²) in [6.45, 7) is 3.95. The lowest BCUT2D eigenvalue weighted by Gasteiger charge is -2.50. The first-order valence-electron chi connectivity index (χ1n) is 16.7. The molecule has 5 aliphatic rings. The Balaban J connectivity index is 1.24. The third kappa shape index (κ3) is 4.77. The van der Waals surface area contributed by atoms with Gasteiger partial charge in [-0.2, -0.15) is 0 Å². The standard InChI is InChI=1S/C37H28Cl2F5N3O6/c1-16-14-17(2-9-23(16)48)25-20-7-8-21-24(33(50)46(32(21)49)19-5-3-18(4-6-19)45-10-12-53-13-11-45)22(20)15-36(38)34(51)47(35(52)37(25,36)39)31-29(43)27(41)26(40)28(42)30(31)44/h2-7,9,14,21-22,24-25,48H,8,10-13,15H2,1H3. The van der Waals surface area contributed by atoms with E-state index in [0.29, 0.717) is 43.1 Å². The molecule has 8 rings (SSSR count). The van der Waals surface area contributed by atoms with Gasteiger partial charge in [0.25, 0.3) is 11.8 Å². The van der Waals surface area contributed by atoms with Crippen LogP contribution in [-0.2, 0) is 23.9 Å². The van der Waals surface area contributed by atoms with E-state index in [0.717, 1.165) is 10.6 Å². The molecule has 53 heavy (non-hydrogen) atoms. The van der Waals surface area contributed by atoms with Crippen molar-refractivity contribution < 1.29 is 51.0 Å². The molecule has 0 spiro atoms. The number of aromatic hydroxyl groups is 1. The fourth-order valence-electron chi connectivity index (χ4n) is 8.69. The number of ether oxygens (including phenoxy) is 1. The van der Waals surface area contributed by atoms with Crippen LogP contribution in [0.2, 0.25) is 0 Å². The van der Waals surface area contributed by atoms with Gasteiger partial charge < -0.3 is 14.7 Å². The van der Waals surface area contributed by atoms with Crippen LogP contribution in [0, 0.1) is 53.8 Å². The van der Waals surface area contributed by atoms with E-state index < -0.39 is 98.2 Å². The van der Waals surface area contributed by atoms with Gasteiger partial charge in [-0.25, -0.2) is 26.9 Å². The Morgan fingerprint density at radius 2 is 1.38 bits per heavy atom. The molecular weight excluding hydrogens is 748 g/mol. The molecule has 2 aliphatic carbocycles. The zero-order chi connectivity index (χ0) is 37.9. The predicted octanol–water partition coefficient (Wildman–Crippen LogP) is 6.00. The first-order valence-corrected chi connectivity index (χ1v) is 17.5. The predicted molar refractivity (Wildman–Crippen MR) is 181 cm³/mol. The van der Waals surface area contributed by atoms with E-state index in [4.69, 9.17) is 27.9 Å². The number of allylic oxidation sites excluding steroid dienone is 2. The van der Waals surface area contributed by atoms with E-state index in [1.807, 2.05) is 0 Å². The van der Waals surface area contributed by atoms with E-state index in [1.165, 1.54) is 25.1 Å². The number of rotatable bonds is 4. The van der Waals surface area contributed by atoms with Crippen molar-refractivity contribution in [3.05, 3.63) is 94.3 Å². The molecular formula is C37H28Cl2F5N3O6. The molecule has 3 aromatic carbocycles. The molecule has 0 bridgehead atoms. The average molecular weight is 777 g/mol. The smallest absolute Gasteiger partial charge is 0.258 e. The van der Waals surface area contributed by atoms with Crippen LogP contribution in [0.5, 0.6) is 5.75 Å². The lowest BCUT2D eigenvalue weighted by atomic mass is 9.56. The van der Waals surface area contributed by atoms with Crippen LogP contribution in [-0.4, -0.2) is 64.8 Å². The van der Waals surface area contributed by atoms with Gasteiger partial charge in [0.2, 0.25) is 17.6 Å². The highest BCUT2D eigenvalue weighted by molar-refractivity contribution is 6.58. The topological polar surface area (TPSA) is 107 Å². The van der Waals surface area contributed by atoms with Crippen LogP contribution in [0.1, 0.15) is 29.9 Å². The van der Waals surface area contributed by atoms with E-state index in [9.17, 15) is 37.5 Å². The largest absolute Gasteiger partial charge is 0.508 e. The zero-order valence-corrected chi connectivity index (χ0v) is 29.2. The summed E-state index contributed by atoms with van der Waals surface area (Å²) in [5.74, 6) is -21.2. The van der Waals surface area contributed by atoms with Crippen LogP contribution in [0.25, 0.3) is 0 Å². The average Bonchev–Trinajstić information content (AvgIpc) is 3.49. The van der Waals surface area contributed by atoms with E-state index in [1.54, 1.807) is 30.3 Å². The quantitative estimate of drug-likeness (QED) is 0.0866. The molecule has 3 aliphatic heterocycles. The van der Waals surface area contributed by atoms with Crippen molar-refractivity contribution in [1.82, 2.24) is 0 Å². The van der Waals surface area contributed by atoms with Crippen molar-refractivity contribution in [2.45, 2.75) is 35.4 Å². The van der Waals surface area contributed by atoms with Gasteiger partial charge >= 0.3 is 0 Å². The third-order valence-corrected chi connectivity index (χ3v) is 12.7. The van der Waals surface area contributed by atoms with E-state index in [2.05, 4.69) is 4.90 Å². The monoisotopic (exact) mass is 775 g/mol. The van der Waals surface area contributed by atoms with Crippen LogP contribution < -0.4 is 14.7 Å². The van der Waals surface area contributed by atoms with Gasteiger partial charge in [-0.3, -0.25) is 24.1 Å². The molecule has 0 radical (unpaired) electrons. The van der Waals surface area contributed by atoms with Gasteiger partial charge in [0.1, 0.15) is 11.4 Å². The van der Waals surface area contributed by atoms with E-state index in [-0.39, 0.29) is 22.6 Å². The van der Waals surface area contributed by atoms with Crippen LogP contribution in [0.4, 0.5) is 39.0 Å². The number of alkyl halides is 2. The number of benzene rings is 3. The van der Waals surface area contributed by atoms with Crippen molar-refractivity contribution >= 4 is 63.9 Å². The number of carbonyl (C=O) groups excluding carboxylic acids is 4. The summed E-state index contributed by atoms with van der Waals surface area (Å²) < 4.78 is 78.9. The van der Waals surface area contributed by atoms with Crippen LogP contribution in [0.3, 0.4) is 0 Å². The SMILES string of the molecule is Cc1cc(C2C3=CCC4C(=O)N(c5ccc(N6CCOCC6)cc5)C(=O)C4C3CC3(Cl)C(=O)N(c4c(F)c(F)c(F)c(F)c4F)C(=O)C23Cl)ccc1O. The molecule has 9 nitrogen and oxygen atoms in total. The summed E-state index contributed by atoms with van der Waals surface area (Å²) in [6, 6.07) is 11.0. The normalized spacial score (nSPS) is 29.7. The number of phenolic OH excluding ortho intramolecular Hbond substituents is 1. The van der Waals surface area contributed by atoms with E-state index >= 15 is 8.78 Å². The highest BCUT2D eigenvalue weighted by Gasteiger charge is 2.77. The lowest BCUT2D eigenvalue weighted by molar-refractivity contribution is -0.125. The molecule has 16 heteroatoms. The second-order valence-corrected chi connectivity index (χ2v) is 15.1. The number of halogens is 7. The maximum atomic E-state index is 15.3. The summed E-state index contributed by atoms with van der Waals surface area (Å²) in [5.41, 5.74) is 0.122. The highest BCUT2D eigenvalue weighted by atomic mass is 35.5. The second kappa shape index (κ2) is 12.3. The number of hydrogen-bond acceptors (Lipinski definition) is 7. The fraction of sp³-hybridized carbons (Fsp3) is 0.351. The second-order valence-electron chi connectivity index (χ2n) is 13.9. The number of aryl methyl sites for hydroxylation is 1. The van der Waals surface area contributed by atoms with Crippen molar-refractivity contribution in [3.63, 3.8) is 0 Å². The lowest BCUT2D eigenvalue weighted by Crippen LogP contribution is -2.60. The third-order valence-electron chi connectivity index (χ3n) is 11.3. The van der Waals surface area contributed by atoms with Gasteiger partial charge in [-0.15, -0.1) is 23.2 Å². The molecule has 4 fully saturated rings. The molecule has 3 heterocycles. The summed E-state index contributed by atoms with van der Waals surface area (Å²) in [7, 11) is 0. The Morgan fingerprint density at radius 3 is 2.00 bits per heavy atom. The number of nitrogens with zero attached hydrogens (tertiary/aromatic N) is 3. The van der Waals surface area contributed by atoms with Crippen molar-refractivity contribution in [2.24, 2.45) is 17.8 Å². The number of fused-ring (bicyclic) bond motifs is 4. The minimum atomic E-state index is -2.65. The molecule has 3 aromatic rings.